The van der Waals surface area contributed by atoms with Gasteiger partial charge in [-0.2, -0.15) is 5.01 Å². The SMILES string of the molecule is O=[N+]([O-])c1cccc([C@H]2Oc3ccccc3[C@@H]3C[C@@H](c4ccccc4)NN23)c1. The van der Waals surface area contributed by atoms with Gasteiger partial charge in [-0.05, 0) is 18.1 Å². The van der Waals surface area contributed by atoms with E-state index in [-0.39, 0.29) is 22.7 Å². The summed E-state index contributed by atoms with van der Waals surface area (Å²) in [6, 6.07) is 25.3. The van der Waals surface area contributed by atoms with Crippen LogP contribution in [0, 0.1) is 10.1 Å². The van der Waals surface area contributed by atoms with Crippen LogP contribution in [0.4, 0.5) is 5.69 Å². The molecule has 0 aliphatic carbocycles. The first kappa shape index (κ1) is 16.9. The highest BCUT2D eigenvalue weighted by atomic mass is 16.6. The van der Waals surface area contributed by atoms with Gasteiger partial charge in [-0.3, -0.25) is 10.1 Å². The van der Waals surface area contributed by atoms with Crippen molar-refractivity contribution in [1.29, 1.82) is 0 Å². The van der Waals surface area contributed by atoms with Gasteiger partial charge in [0.15, 0.2) is 6.23 Å². The summed E-state index contributed by atoms with van der Waals surface area (Å²) in [6.07, 6.45) is 0.462. The Balaban J connectivity index is 1.56. The Kier molecular flexibility index (Phi) is 4.07. The summed E-state index contributed by atoms with van der Waals surface area (Å²) in [6.45, 7) is 0. The molecule has 0 unspecified atom stereocenters. The van der Waals surface area contributed by atoms with E-state index in [0.717, 1.165) is 23.3 Å². The Morgan fingerprint density at radius 1 is 0.964 bits per heavy atom. The number of rotatable bonds is 3. The topological polar surface area (TPSA) is 67.6 Å². The standard InChI is InChI=1S/C22H19N3O3/c26-25(27)17-10-6-9-16(13-17)22-24-20(18-11-4-5-12-21(18)28-22)14-19(23-24)15-7-2-1-3-8-15/h1-13,19-20,22-23H,14H2/t19-,20-,22+/m0/s1. The molecule has 0 amide bonds. The Bertz CT molecular complexity index is 1020. The maximum absolute atomic E-state index is 11.2. The highest BCUT2D eigenvalue weighted by molar-refractivity contribution is 5.42. The summed E-state index contributed by atoms with van der Waals surface area (Å²) in [5.41, 5.74) is 6.76. The fraction of sp³-hybridized carbons (Fsp3) is 0.182. The Morgan fingerprint density at radius 2 is 1.71 bits per heavy atom. The lowest BCUT2D eigenvalue weighted by Crippen LogP contribution is -2.42. The smallest absolute Gasteiger partial charge is 0.269 e. The summed E-state index contributed by atoms with van der Waals surface area (Å²) < 4.78 is 6.29. The number of hydrogen-bond donors (Lipinski definition) is 1. The molecule has 2 aliphatic heterocycles. The minimum absolute atomic E-state index is 0.0651. The Labute approximate surface area is 162 Å². The third kappa shape index (κ3) is 2.83. The van der Waals surface area contributed by atoms with E-state index in [1.54, 1.807) is 12.1 Å². The van der Waals surface area contributed by atoms with Gasteiger partial charge in [0.1, 0.15) is 5.75 Å². The third-order valence-electron chi connectivity index (χ3n) is 5.44. The summed E-state index contributed by atoms with van der Waals surface area (Å²) in [7, 11) is 0. The van der Waals surface area contributed by atoms with Crippen LogP contribution in [0.3, 0.4) is 0 Å². The average Bonchev–Trinajstić information content (AvgIpc) is 3.20. The first-order valence-electron chi connectivity index (χ1n) is 9.30. The number of nitro benzene ring substituents is 1. The van der Waals surface area contributed by atoms with Crippen molar-refractivity contribution in [3.63, 3.8) is 0 Å². The van der Waals surface area contributed by atoms with Crippen molar-refractivity contribution in [1.82, 2.24) is 10.4 Å². The highest BCUT2D eigenvalue weighted by Gasteiger charge is 2.44. The lowest BCUT2D eigenvalue weighted by atomic mass is 9.95. The molecular formula is C22H19N3O3. The van der Waals surface area contributed by atoms with Crippen LogP contribution < -0.4 is 10.2 Å². The monoisotopic (exact) mass is 373 g/mol. The van der Waals surface area contributed by atoms with Crippen molar-refractivity contribution < 1.29 is 9.66 Å². The number of nitrogens with zero attached hydrogens (tertiary/aromatic N) is 2. The van der Waals surface area contributed by atoms with E-state index < -0.39 is 6.23 Å². The van der Waals surface area contributed by atoms with Crippen LogP contribution in [0.5, 0.6) is 5.75 Å². The normalized spacial score (nSPS) is 23.5. The Morgan fingerprint density at radius 3 is 2.54 bits per heavy atom. The van der Waals surface area contributed by atoms with Gasteiger partial charge in [0.25, 0.3) is 5.69 Å². The second-order valence-electron chi connectivity index (χ2n) is 7.11. The van der Waals surface area contributed by atoms with Gasteiger partial charge in [-0.25, -0.2) is 5.43 Å². The first-order valence-corrected chi connectivity index (χ1v) is 9.30. The predicted molar refractivity (Wildman–Crippen MR) is 104 cm³/mol. The maximum Gasteiger partial charge on any atom is 0.269 e. The third-order valence-corrected chi connectivity index (χ3v) is 5.44. The Hall–Kier alpha value is -3.22. The van der Waals surface area contributed by atoms with E-state index in [4.69, 9.17) is 4.74 Å². The molecule has 0 spiro atoms. The van der Waals surface area contributed by atoms with Crippen LogP contribution in [-0.2, 0) is 0 Å². The number of ether oxygens (including phenoxy) is 1. The molecular weight excluding hydrogens is 354 g/mol. The zero-order valence-corrected chi connectivity index (χ0v) is 15.1. The molecule has 3 atom stereocenters. The van der Waals surface area contributed by atoms with Crippen LogP contribution in [0.2, 0.25) is 0 Å². The largest absolute Gasteiger partial charge is 0.469 e. The van der Waals surface area contributed by atoms with Gasteiger partial charge in [0.2, 0.25) is 0 Å². The van der Waals surface area contributed by atoms with Gasteiger partial charge < -0.3 is 4.74 Å². The fourth-order valence-electron chi connectivity index (χ4n) is 4.12. The van der Waals surface area contributed by atoms with Gasteiger partial charge in [0.05, 0.1) is 11.0 Å². The molecule has 5 rings (SSSR count). The molecule has 2 aliphatic rings. The number of fused-ring (bicyclic) bond motifs is 3. The fourth-order valence-corrected chi connectivity index (χ4v) is 4.12. The molecule has 1 saturated heterocycles. The van der Waals surface area contributed by atoms with Crippen molar-refractivity contribution in [2.75, 3.05) is 0 Å². The van der Waals surface area contributed by atoms with Crippen molar-refractivity contribution >= 4 is 5.69 Å². The molecule has 6 heteroatoms. The number of non-ortho nitro benzene ring substituents is 1. The number of hydrazine groups is 1. The summed E-state index contributed by atoms with van der Waals surface area (Å²) >= 11 is 0. The first-order chi connectivity index (χ1) is 13.7. The molecule has 3 aromatic carbocycles. The van der Waals surface area contributed by atoms with Gasteiger partial charge in [-0.15, -0.1) is 0 Å². The van der Waals surface area contributed by atoms with E-state index in [1.807, 2.05) is 42.5 Å². The molecule has 1 fully saturated rings. The molecule has 3 aromatic rings. The van der Waals surface area contributed by atoms with Crippen LogP contribution in [-0.4, -0.2) is 9.93 Å². The summed E-state index contributed by atoms with van der Waals surface area (Å²) in [5.74, 6) is 0.829. The molecule has 6 nitrogen and oxygen atoms in total. The lowest BCUT2D eigenvalue weighted by Gasteiger charge is -2.38. The van der Waals surface area contributed by atoms with Crippen LogP contribution >= 0.6 is 0 Å². The van der Waals surface area contributed by atoms with E-state index in [1.165, 1.54) is 11.6 Å². The van der Waals surface area contributed by atoms with Crippen molar-refractivity contribution in [2.24, 2.45) is 0 Å². The predicted octanol–water partition coefficient (Wildman–Crippen LogP) is 4.68. The summed E-state index contributed by atoms with van der Waals surface area (Å²) in [4.78, 5) is 10.9. The van der Waals surface area contributed by atoms with E-state index in [2.05, 4.69) is 28.6 Å². The maximum atomic E-state index is 11.2. The minimum Gasteiger partial charge on any atom is -0.469 e. The van der Waals surface area contributed by atoms with Gasteiger partial charge >= 0.3 is 0 Å². The molecule has 1 N–H and O–H groups in total. The number of benzene rings is 3. The quantitative estimate of drug-likeness (QED) is 0.533. The molecule has 140 valence electrons. The second-order valence-corrected chi connectivity index (χ2v) is 7.11. The molecule has 0 saturated carbocycles. The zero-order chi connectivity index (χ0) is 19.1. The number of nitro groups is 1. The van der Waals surface area contributed by atoms with Crippen LogP contribution in [0.1, 0.15) is 41.4 Å². The molecule has 28 heavy (non-hydrogen) atoms. The average molecular weight is 373 g/mol. The zero-order valence-electron chi connectivity index (χ0n) is 15.1. The van der Waals surface area contributed by atoms with Crippen molar-refractivity contribution in [3.8, 4) is 5.75 Å². The van der Waals surface area contributed by atoms with Gasteiger partial charge in [0, 0.05) is 29.3 Å². The van der Waals surface area contributed by atoms with E-state index in [0.29, 0.717) is 0 Å². The van der Waals surface area contributed by atoms with Gasteiger partial charge in [-0.1, -0.05) is 60.7 Å². The van der Waals surface area contributed by atoms with E-state index >= 15 is 0 Å². The minimum atomic E-state index is -0.437. The number of para-hydroxylation sites is 1. The van der Waals surface area contributed by atoms with E-state index in [9.17, 15) is 10.1 Å². The van der Waals surface area contributed by atoms with Crippen LogP contribution in [0.15, 0.2) is 78.9 Å². The summed E-state index contributed by atoms with van der Waals surface area (Å²) in [5, 5.41) is 13.3. The number of nitrogens with one attached hydrogen (secondary N) is 1. The van der Waals surface area contributed by atoms with Crippen molar-refractivity contribution in [3.05, 3.63) is 106 Å². The highest BCUT2D eigenvalue weighted by Crippen LogP contribution is 2.48. The molecule has 0 bridgehead atoms. The lowest BCUT2D eigenvalue weighted by molar-refractivity contribution is -0.385. The second kappa shape index (κ2) is 6.74. The van der Waals surface area contributed by atoms with Crippen molar-refractivity contribution in [2.45, 2.75) is 24.7 Å². The number of hydrogen-bond acceptors (Lipinski definition) is 5. The molecule has 0 radical (unpaired) electrons. The molecule has 0 aromatic heterocycles. The van der Waals surface area contributed by atoms with Crippen LogP contribution in [0.25, 0.3) is 0 Å². The molecule has 2 heterocycles.